The highest BCUT2D eigenvalue weighted by molar-refractivity contribution is 5.91. The molecule has 0 radical (unpaired) electrons. The van der Waals surface area contributed by atoms with Crippen LogP contribution < -0.4 is 4.74 Å². The van der Waals surface area contributed by atoms with Crippen molar-refractivity contribution in [2.24, 2.45) is 0 Å². The Morgan fingerprint density at radius 1 is 0.952 bits per heavy atom. The van der Waals surface area contributed by atoms with Crippen LogP contribution in [0.5, 0.6) is 5.75 Å². The molecule has 3 N–H and O–H groups in total. The topological polar surface area (TPSA) is 138 Å². The number of carbonyl (C=O) groups excluding carboxylic acids is 1. The van der Waals surface area contributed by atoms with Gasteiger partial charge in [-0.05, 0) is 12.1 Å². The molecule has 1 rings (SSSR count). The van der Waals surface area contributed by atoms with E-state index in [-0.39, 0.29) is 11.3 Å². The first-order valence-electron chi connectivity index (χ1n) is 5.38. The van der Waals surface area contributed by atoms with Gasteiger partial charge in [-0.2, -0.15) is 0 Å². The molecule has 0 aliphatic carbocycles. The van der Waals surface area contributed by atoms with Crippen molar-refractivity contribution in [2.45, 2.75) is 6.92 Å². The summed E-state index contributed by atoms with van der Waals surface area (Å²) in [5.74, 6) is -4.09. The smallest absolute Gasteiger partial charge is 0.339 e. The van der Waals surface area contributed by atoms with Gasteiger partial charge in [-0.1, -0.05) is 12.1 Å². The Balaban J connectivity index is 0.000000433. The molecule has 0 heterocycles. The Hall–Kier alpha value is -3.16. The van der Waals surface area contributed by atoms with Gasteiger partial charge in [0.05, 0.1) is 0 Å². The van der Waals surface area contributed by atoms with Gasteiger partial charge in [0, 0.05) is 19.1 Å². The third-order valence-corrected chi connectivity index (χ3v) is 1.74. The highest BCUT2D eigenvalue weighted by Crippen LogP contribution is 2.17. The van der Waals surface area contributed by atoms with Gasteiger partial charge in [-0.3, -0.25) is 4.79 Å². The summed E-state index contributed by atoms with van der Waals surface area (Å²) >= 11 is 0. The predicted octanol–water partition coefficient (Wildman–Crippen LogP) is 1.02. The largest absolute Gasteiger partial charge is 0.478 e. The number of ether oxygens (including phenoxy) is 1. The van der Waals surface area contributed by atoms with E-state index in [1.807, 2.05) is 0 Å². The zero-order valence-electron chi connectivity index (χ0n) is 10.8. The van der Waals surface area contributed by atoms with E-state index in [1.54, 1.807) is 12.1 Å². The molecule has 0 aliphatic heterocycles. The fourth-order valence-corrected chi connectivity index (χ4v) is 1.03. The molecule has 0 unspecified atom stereocenters. The highest BCUT2D eigenvalue weighted by Gasteiger charge is 2.10. The summed E-state index contributed by atoms with van der Waals surface area (Å²) in [6.07, 6.45) is 1.12. The van der Waals surface area contributed by atoms with E-state index in [4.69, 9.17) is 15.3 Å². The summed E-state index contributed by atoms with van der Waals surface area (Å²) in [7, 11) is 0. The van der Waals surface area contributed by atoms with Crippen LogP contribution in [-0.4, -0.2) is 39.2 Å². The molecule has 0 spiro atoms. The molecule has 0 aliphatic rings. The molecule has 0 aromatic heterocycles. The van der Waals surface area contributed by atoms with E-state index in [1.165, 1.54) is 19.1 Å². The van der Waals surface area contributed by atoms with E-state index >= 15 is 0 Å². The lowest BCUT2D eigenvalue weighted by molar-refractivity contribution is -0.134. The van der Waals surface area contributed by atoms with Crippen LogP contribution in [0.15, 0.2) is 36.4 Å². The summed E-state index contributed by atoms with van der Waals surface area (Å²) in [6, 6.07) is 5.98. The fraction of sp³-hybridized carbons (Fsp3) is 0.0769. The SMILES string of the molecule is CC(=O)Oc1ccccc1C(=O)O.O=C(O)C=CC(=O)O. The molecule has 0 bridgehead atoms. The Labute approximate surface area is 118 Å². The Bertz CT molecular complexity index is 557. The van der Waals surface area contributed by atoms with Gasteiger partial charge < -0.3 is 20.1 Å². The molecular formula is C13H12O8. The fourth-order valence-electron chi connectivity index (χ4n) is 1.03. The van der Waals surface area contributed by atoms with Crippen molar-refractivity contribution in [3.63, 3.8) is 0 Å². The Morgan fingerprint density at radius 2 is 1.43 bits per heavy atom. The number of carboxylic acids is 3. The number of aliphatic carboxylic acids is 2. The van der Waals surface area contributed by atoms with Gasteiger partial charge in [0.1, 0.15) is 11.3 Å². The lowest BCUT2D eigenvalue weighted by atomic mass is 10.2. The zero-order valence-corrected chi connectivity index (χ0v) is 10.8. The quantitative estimate of drug-likeness (QED) is 0.425. The molecule has 8 nitrogen and oxygen atoms in total. The van der Waals surface area contributed by atoms with Crippen molar-refractivity contribution in [3.8, 4) is 5.75 Å². The average molecular weight is 296 g/mol. The average Bonchev–Trinajstić information content (AvgIpc) is 2.36. The van der Waals surface area contributed by atoms with Crippen molar-refractivity contribution < 1.29 is 39.2 Å². The number of carbonyl (C=O) groups is 4. The van der Waals surface area contributed by atoms with Crippen LogP contribution in [0.1, 0.15) is 17.3 Å². The van der Waals surface area contributed by atoms with E-state index in [2.05, 4.69) is 4.74 Å². The number of carboxylic acid groups (broad SMARTS) is 3. The molecule has 0 amide bonds. The van der Waals surface area contributed by atoms with Crippen LogP contribution in [-0.2, 0) is 14.4 Å². The Kier molecular flexibility index (Phi) is 7.53. The van der Waals surface area contributed by atoms with Gasteiger partial charge in [0.15, 0.2) is 0 Å². The summed E-state index contributed by atoms with van der Waals surface area (Å²) in [5.41, 5.74) is -0.0160. The molecule has 112 valence electrons. The summed E-state index contributed by atoms with van der Waals surface area (Å²) in [5, 5.41) is 24.3. The van der Waals surface area contributed by atoms with Crippen molar-refractivity contribution >= 4 is 23.9 Å². The molecule has 0 fully saturated rings. The number of esters is 1. The molecule has 21 heavy (non-hydrogen) atoms. The molecule has 1 aromatic carbocycles. The van der Waals surface area contributed by atoms with Crippen LogP contribution in [0, 0.1) is 0 Å². The van der Waals surface area contributed by atoms with Crippen LogP contribution in [0.4, 0.5) is 0 Å². The maximum atomic E-state index is 10.6. The standard InChI is InChI=1S/C9H8O4.C4H4O4/c1-6(10)13-8-5-3-2-4-7(8)9(11)12;5-3(6)1-2-4(7)8/h2-5H,1H3,(H,11,12);1-2H,(H,5,6)(H,7,8). The molecule has 8 heteroatoms. The number of aromatic carboxylic acids is 1. The highest BCUT2D eigenvalue weighted by atomic mass is 16.5. The van der Waals surface area contributed by atoms with E-state index < -0.39 is 23.9 Å². The molecule has 0 saturated carbocycles. The second-order valence-corrected chi connectivity index (χ2v) is 3.40. The van der Waals surface area contributed by atoms with Gasteiger partial charge in [0.2, 0.25) is 0 Å². The number of para-hydroxylation sites is 1. The van der Waals surface area contributed by atoms with E-state index in [9.17, 15) is 19.2 Å². The van der Waals surface area contributed by atoms with Gasteiger partial charge >= 0.3 is 23.9 Å². The lowest BCUT2D eigenvalue weighted by Gasteiger charge is -2.03. The van der Waals surface area contributed by atoms with Crippen molar-refractivity contribution in [1.29, 1.82) is 0 Å². The normalized spacial score (nSPS) is 9.38. The lowest BCUT2D eigenvalue weighted by Crippen LogP contribution is -2.06. The summed E-state index contributed by atoms with van der Waals surface area (Å²) in [6.45, 7) is 1.22. The first-order chi connectivity index (χ1) is 9.73. The second kappa shape index (κ2) is 8.86. The third kappa shape index (κ3) is 8.54. The predicted molar refractivity (Wildman–Crippen MR) is 69.1 cm³/mol. The summed E-state index contributed by atoms with van der Waals surface area (Å²) < 4.78 is 4.69. The van der Waals surface area contributed by atoms with Gasteiger partial charge in [-0.15, -0.1) is 0 Å². The minimum Gasteiger partial charge on any atom is -0.478 e. The minimum atomic E-state index is -1.26. The van der Waals surface area contributed by atoms with Crippen LogP contribution >= 0.6 is 0 Å². The zero-order chi connectivity index (χ0) is 16.4. The monoisotopic (exact) mass is 296 g/mol. The second-order valence-electron chi connectivity index (χ2n) is 3.40. The van der Waals surface area contributed by atoms with Crippen LogP contribution in [0.3, 0.4) is 0 Å². The molecule has 1 aromatic rings. The third-order valence-electron chi connectivity index (χ3n) is 1.74. The van der Waals surface area contributed by atoms with Crippen molar-refractivity contribution in [3.05, 3.63) is 42.0 Å². The number of benzene rings is 1. The van der Waals surface area contributed by atoms with E-state index in [0.717, 1.165) is 0 Å². The Morgan fingerprint density at radius 3 is 1.81 bits per heavy atom. The van der Waals surface area contributed by atoms with Crippen molar-refractivity contribution in [1.82, 2.24) is 0 Å². The maximum Gasteiger partial charge on any atom is 0.339 e. The number of hydrogen-bond acceptors (Lipinski definition) is 5. The number of rotatable bonds is 4. The van der Waals surface area contributed by atoms with Crippen LogP contribution in [0.25, 0.3) is 0 Å². The molecule has 0 atom stereocenters. The number of hydrogen-bond donors (Lipinski definition) is 3. The molecule has 0 saturated heterocycles. The minimum absolute atomic E-state index is 0.0160. The van der Waals surface area contributed by atoms with E-state index in [0.29, 0.717) is 12.2 Å². The van der Waals surface area contributed by atoms with Crippen LogP contribution in [0.2, 0.25) is 0 Å². The summed E-state index contributed by atoms with van der Waals surface area (Å²) in [4.78, 5) is 40.3. The van der Waals surface area contributed by atoms with Gasteiger partial charge in [-0.25, -0.2) is 14.4 Å². The molecular weight excluding hydrogens is 284 g/mol. The maximum absolute atomic E-state index is 10.6. The van der Waals surface area contributed by atoms with Gasteiger partial charge in [0.25, 0.3) is 0 Å². The first kappa shape index (κ1) is 17.8. The van der Waals surface area contributed by atoms with Crippen molar-refractivity contribution in [2.75, 3.05) is 0 Å². The first-order valence-corrected chi connectivity index (χ1v) is 5.38.